The van der Waals surface area contributed by atoms with Crippen molar-refractivity contribution in [2.75, 3.05) is 0 Å². The van der Waals surface area contributed by atoms with Gasteiger partial charge < -0.3 is 5.53 Å². The van der Waals surface area contributed by atoms with Gasteiger partial charge in [0.1, 0.15) is 0 Å². The van der Waals surface area contributed by atoms with Gasteiger partial charge >= 0.3 is 5.71 Å². The minimum absolute atomic E-state index is 0.0926. The first kappa shape index (κ1) is 6.74. The Morgan fingerprint density at radius 1 is 1.45 bits per heavy atom. The normalized spacial score (nSPS) is 35.6. The third-order valence-electron chi connectivity index (χ3n) is 2.86. The van der Waals surface area contributed by atoms with Crippen molar-refractivity contribution < 1.29 is 9.58 Å². The Balaban J connectivity index is 2.30. The Morgan fingerprint density at radius 2 is 2.27 bits per heavy atom. The zero-order valence-electron chi connectivity index (χ0n) is 6.29. The highest BCUT2D eigenvalue weighted by Gasteiger charge is 2.46. The van der Waals surface area contributed by atoms with Gasteiger partial charge in [-0.1, -0.05) is 6.42 Å². The molecule has 2 aliphatic carbocycles. The van der Waals surface area contributed by atoms with E-state index in [0.717, 1.165) is 12.8 Å². The van der Waals surface area contributed by atoms with Crippen LogP contribution in [-0.4, -0.2) is 16.3 Å². The van der Waals surface area contributed by atoms with Crippen molar-refractivity contribution in [2.24, 2.45) is 11.8 Å². The van der Waals surface area contributed by atoms with Crippen molar-refractivity contribution in [1.29, 1.82) is 0 Å². The highest BCUT2D eigenvalue weighted by Crippen LogP contribution is 2.39. The molecule has 0 spiro atoms. The molecule has 2 fully saturated rings. The second-order valence-corrected chi connectivity index (χ2v) is 3.41. The van der Waals surface area contributed by atoms with E-state index in [1.165, 1.54) is 6.42 Å². The maximum atomic E-state index is 11.3. The molecule has 11 heavy (non-hydrogen) atoms. The van der Waals surface area contributed by atoms with Crippen molar-refractivity contribution in [2.45, 2.75) is 25.7 Å². The van der Waals surface area contributed by atoms with E-state index >= 15 is 0 Å². The number of nitrogens with zero attached hydrogens (tertiary/aromatic N) is 2. The number of hydrogen-bond acceptors (Lipinski definition) is 1. The topological polar surface area (TPSA) is 53.5 Å². The van der Waals surface area contributed by atoms with Crippen LogP contribution >= 0.6 is 0 Å². The van der Waals surface area contributed by atoms with E-state index in [1.807, 2.05) is 0 Å². The second kappa shape index (κ2) is 2.28. The van der Waals surface area contributed by atoms with Gasteiger partial charge in [-0.05, 0) is 18.8 Å². The maximum absolute atomic E-state index is 11.3. The summed E-state index contributed by atoms with van der Waals surface area (Å²) < 4.78 is 0. The maximum Gasteiger partial charge on any atom is 0.335 e. The summed E-state index contributed by atoms with van der Waals surface area (Å²) in [5.41, 5.74) is 8.86. The molecule has 0 heterocycles. The fraction of sp³-hybridized carbons (Fsp3) is 0.750. The number of Topliss-reactive ketones (excluding diaryl/α,β-unsaturated/α-hetero) is 1. The molecule has 2 atom stereocenters. The summed E-state index contributed by atoms with van der Waals surface area (Å²) in [4.78, 5) is 14.3. The lowest BCUT2D eigenvalue weighted by Gasteiger charge is -2.00. The molecule has 2 aliphatic rings. The molecule has 0 amide bonds. The van der Waals surface area contributed by atoms with Crippen molar-refractivity contribution in [3.8, 4) is 0 Å². The van der Waals surface area contributed by atoms with E-state index in [-0.39, 0.29) is 11.7 Å². The number of fused-ring (bicyclic) bond motifs is 1. The Morgan fingerprint density at radius 3 is 2.91 bits per heavy atom. The van der Waals surface area contributed by atoms with E-state index in [4.69, 9.17) is 5.53 Å². The summed E-state index contributed by atoms with van der Waals surface area (Å²) in [6.45, 7) is 0. The lowest BCUT2D eigenvalue weighted by atomic mass is 10.0. The van der Waals surface area contributed by atoms with Crippen LogP contribution in [0.3, 0.4) is 0 Å². The predicted molar refractivity (Wildman–Crippen MR) is 39.1 cm³/mol. The van der Waals surface area contributed by atoms with E-state index in [0.29, 0.717) is 18.1 Å². The van der Waals surface area contributed by atoms with E-state index in [2.05, 4.69) is 4.79 Å². The zero-order valence-corrected chi connectivity index (χ0v) is 6.29. The largest absolute Gasteiger partial charge is 0.361 e. The van der Waals surface area contributed by atoms with Crippen LogP contribution in [0, 0.1) is 11.8 Å². The van der Waals surface area contributed by atoms with E-state index < -0.39 is 0 Å². The molecule has 0 saturated heterocycles. The fourth-order valence-electron chi connectivity index (χ4n) is 2.28. The van der Waals surface area contributed by atoms with Crippen molar-refractivity contribution >= 4 is 11.5 Å². The predicted octanol–water partition coefficient (Wildman–Crippen LogP) is 1.05. The summed E-state index contributed by atoms with van der Waals surface area (Å²) in [5.74, 6) is 0.782. The summed E-state index contributed by atoms with van der Waals surface area (Å²) >= 11 is 0. The molecule has 0 bridgehead atoms. The van der Waals surface area contributed by atoms with Gasteiger partial charge in [-0.25, -0.2) is 0 Å². The first-order chi connectivity index (χ1) is 5.33. The SMILES string of the molecule is [N-]=[N+]=C1CC2CCCC2C1=O. The summed E-state index contributed by atoms with van der Waals surface area (Å²) in [6, 6.07) is 0. The Bertz CT molecular complexity index is 253. The molecule has 0 aromatic rings. The van der Waals surface area contributed by atoms with Gasteiger partial charge in [0.2, 0.25) is 5.78 Å². The minimum Gasteiger partial charge on any atom is -0.361 e. The molecule has 58 valence electrons. The first-order valence-corrected chi connectivity index (χ1v) is 4.08. The second-order valence-electron chi connectivity index (χ2n) is 3.41. The van der Waals surface area contributed by atoms with Crippen LogP contribution in [0.1, 0.15) is 25.7 Å². The number of hydrogen-bond donors (Lipinski definition) is 0. The summed E-state index contributed by atoms with van der Waals surface area (Å²) in [6.07, 6.45) is 4.01. The lowest BCUT2D eigenvalue weighted by molar-refractivity contribution is -0.119. The molecule has 0 aliphatic heterocycles. The molecule has 2 unspecified atom stereocenters. The smallest absolute Gasteiger partial charge is 0.335 e. The van der Waals surface area contributed by atoms with Crippen LogP contribution in [0.15, 0.2) is 0 Å². The lowest BCUT2D eigenvalue weighted by Crippen LogP contribution is -2.13. The molecular weight excluding hydrogens is 140 g/mol. The molecule has 0 aromatic carbocycles. The zero-order chi connectivity index (χ0) is 7.84. The van der Waals surface area contributed by atoms with Gasteiger partial charge in [0, 0.05) is 5.92 Å². The monoisotopic (exact) mass is 150 g/mol. The van der Waals surface area contributed by atoms with Crippen LogP contribution in [0.5, 0.6) is 0 Å². The van der Waals surface area contributed by atoms with Crippen LogP contribution in [0.25, 0.3) is 5.53 Å². The Kier molecular flexibility index (Phi) is 1.40. The van der Waals surface area contributed by atoms with E-state index in [9.17, 15) is 4.79 Å². The average molecular weight is 150 g/mol. The molecule has 0 aromatic heterocycles. The summed E-state index contributed by atoms with van der Waals surface area (Å²) in [5, 5.41) is 0. The van der Waals surface area contributed by atoms with Crippen LogP contribution in [-0.2, 0) is 4.79 Å². The molecule has 2 saturated carbocycles. The standard InChI is InChI=1S/C8H10N2O/c9-10-7-4-5-2-1-3-6(5)8(7)11/h5-6H,1-4H2. The number of ketones is 1. The van der Waals surface area contributed by atoms with Crippen molar-refractivity contribution in [3.63, 3.8) is 0 Å². The molecule has 0 N–H and O–H groups in total. The molecule has 3 heteroatoms. The van der Waals surface area contributed by atoms with Crippen LogP contribution < -0.4 is 0 Å². The first-order valence-electron chi connectivity index (χ1n) is 4.08. The Labute approximate surface area is 65.0 Å². The van der Waals surface area contributed by atoms with E-state index in [1.54, 1.807) is 0 Å². The molecule has 2 rings (SSSR count). The van der Waals surface area contributed by atoms with Gasteiger partial charge in [0.15, 0.2) is 0 Å². The quantitative estimate of drug-likeness (QED) is 0.376. The highest BCUT2D eigenvalue weighted by atomic mass is 16.1. The molecule has 3 nitrogen and oxygen atoms in total. The van der Waals surface area contributed by atoms with Crippen LogP contribution in [0.4, 0.5) is 0 Å². The number of rotatable bonds is 0. The van der Waals surface area contributed by atoms with Crippen molar-refractivity contribution in [1.82, 2.24) is 0 Å². The third kappa shape index (κ3) is 0.847. The summed E-state index contributed by atoms with van der Waals surface area (Å²) in [7, 11) is 0. The fourth-order valence-corrected chi connectivity index (χ4v) is 2.28. The molecule has 0 radical (unpaired) electrons. The highest BCUT2D eigenvalue weighted by molar-refractivity contribution is 6.40. The van der Waals surface area contributed by atoms with Gasteiger partial charge in [0.25, 0.3) is 0 Å². The van der Waals surface area contributed by atoms with Gasteiger partial charge in [-0.3, -0.25) is 4.79 Å². The Hall–Kier alpha value is -0.950. The van der Waals surface area contributed by atoms with Gasteiger partial charge in [0.05, 0.1) is 6.42 Å². The third-order valence-corrected chi connectivity index (χ3v) is 2.86. The minimum atomic E-state index is 0.0926. The number of carbonyl (C=O) groups is 1. The average Bonchev–Trinajstić information content (AvgIpc) is 2.53. The van der Waals surface area contributed by atoms with Gasteiger partial charge in [-0.2, -0.15) is 4.79 Å². The van der Waals surface area contributed by atoms with Crippen molar-refractivity contribution in [3.05, 3.63) is 5.53 Å². The molecular formula is C8H10N2O. The number of carbonyl (C=O) groups excluding carboxylic acids is 1. The van der Waals surface area contributed by atoms with Gasteiger partial charge in [-0.15, -0.1) is 0 Å². The van der Waals surface area contributed by atoms with Crippen LogP contribution in [0.2, 0.25) is 0 Å².